The predicted molar refractivity (Wildman–Crippen MR) is 85.8 cm³/mol. The Morgan fingerprint density at radius 3 is 2.83 bits per heavy atom. The van der Waals surface area contributed by atoms with Gasteiger partial charge in [-0.05, 0) is 18.9 Å². The van der Waals surface area contributed by atoms with Crippen molar-refractivity contribution in [3.63, 3.8) is 0 Å². The first-order chi connectivity index (χ1) is 11.1. The molecule has 0 spiro atoms. The summed E-state index contributed by atoms with van der Waals surface area (Å²) in [5.41, 5.74) is 0.887. The van der Waals surface area contributed by atoms with Crippen LogP contribution in [-0.2, 0) is 19.1 Å². The van der Waals surface area contributed by atoms with Crippen LogP contribution in [0.2, 0.25) is 0 Å². The first-order valence-electron chi connectivity index (χ1n) is 7.92. The SMILES string of the molecule is CCOCCCNC(=O)[C@@H]1OCC(=O)N(C)[C@H]1c1ccccc1. The van der Waals surface area contributed by atoms with Crippen LogP contribution >= 0.6 is 0 Å². The third kappa shape index (κ3) is 4.53. The minimum absolute atomic E-state index is 0.0726. The molecule has 1 N–H and O–H groups in total. The van der Waals surface area contributed by atoms with Gasteiger partial charge in [-0.25, -0.2) is 0 Å². The van der Waals surface area contributed by atoms with Crippen LogP contribution in [0.4, 0.5) is 0 Å². The lowest BCUT2D eigenvalue weighted by atomic mass is 9.97. The van der Waals surface area contributed by atoms with Gasteiger partial charge in [0.25, 0.3) is 5.91 Å². The molecule has 0 saturated carbocycles. The standard InChI is InChI=1S/C17H24N2O4/c1-3-22-11-7-10-18-17(21)16-15(13-8-5-4-6-9-13)19(2)14(20)12-23-16/h4-6,8-9,15-16H,3,7,10-12H2,1-2H3,(H,18,21)/t15-,16+/m0/s1. The number of hydrogen-bond donors (Lipinski definition) is 1. The number of morpholine rings is 1. The lowest BCUT2D eigenvalue weighted by Crippen LogP contribution is -2.53. The number of rotatable bonds is 7. The van der Waals surface area contributed by atoms with Crippen molar-refractivity contribution in [1.82, 2.24) is 10.2 Å². The lowest BCUT2D eigenvalue weighted by Gasteiger charge is -2.38. The van der Waals surface area contributed by atoms with Gasteiger partial charge in [0, 0.05) is 26.8 Å². The highest BCUT2D eigenvalue weighted by molar-refractivity contribution is 5.86. The van der Waals surface area contributed by atoms with E-state index >= 15 is 0 Å². The molecule has 1 saturated heterocycles. The minimum Gasteiger partial charge on any atom is -0.382 e. The summed E-state index contributed by atoms with van der Waals surface area (Å²) in [5.74, 6) is -0.325. The van der Waals surface area contributed by atoms with Gasteiger partial charge in [-0.2, -0.15) is 0 Å². The van der Waals surface area contributed by atoms with Gasteiger partial charge in [0.15, 0.2) is 6.10 Å². The maximum atomic E-state index is 12.5. The first-order valence-corrected chi connectivity index (χ1v) is 7.92. The summed E-state index contributed by atoms with van der Waals surface area (Å²) in [6.07, 6.45) is 0.0454. The van der Waals surface area contributed by atoms with E-state index in [1.807, 2.05) is 37.3 Å². The summed E-state index contributed by atoms with van der Waals surface area (Å²) in [7, 11) is 1.71. The predicted octanol–water partition coefficient (Wildman–Crippen LogP) is 1.13. The summed E-state index contributed by atoms with van der Waals surface area (Å²) in [5, 5.41) is 2.86. The highest BCUT2D eigenvalue weighted by Crippen LogP contribution is 2.28. The van der Waals surface area contributed by atoms with Gasteiger partial charge in [0.2, 0.25) is 5.91 Å². The number of ether oxygens (including phenoxy) is 2. The molecule has 1 aliphatic rings. The zero-order valence-corrected chi connectivity index (χ0v) is 13.7. The molecule has 1 heterocycles. The van der Waals surface area contributed by atoms with Gasteiger partial charge in [0.05, 0.1) is 6.04 Å². The molecule has 2 rings (SSSR count). The van der Waals surface area contributed by atoms with Crippen LogP contribution in [0.25, 0.3) is 0 Å². The molecule has 1 aromatic carbocycles. The Balaban J connectivity index is 2.02. The van der Waals surface area contributed by atoms with Crippen molar-refractivity contribution in [2.75, 3.05) is 33.4 Å². The molecule has 2 atom stereocenters. The molecule has 6 heteroatoms. The van der Waals surface area contributed by atoms with Crippen LogP contribution in [0.1, 0.15) is 24.9 Å². The molecule has 0 unspecified atom stereocenters. The van der Waals surface area contributed by atoms with Crippen molar-refractivity contribution in [3.8, 4) is 0 Å². The normalized spacial score (nSPS) is 21.3. The number of carbonyl (C=O) groups is 2. The Bertz CT molecular complexity index is 521. The second kappa shape index (κ2) is 8.64. The maximum Gasteiger partial charge on any atom is 0.251 e. The second-order valence-corrected chi connectivity index (χ2v) is 5.43. The maximum absolute atomic E-state index is 12.5. The molecule has 0 aromatic heterocycles. The summed E-state index contributed by atoms with van der Waals surface area (Å²) in [6.45, 7) is 3.67. The van der Waals surface area contributed by atoms with Crippen molar-refractivity contribution >= 4 is 11.8 Å². The van der Waals surface area contributed by atoms with Crippen LogP contribution < -0.4 is 5.32 Å². The molecule has 1 fully saturated rings. The molecule has 1 aliphatic heterocycles. The number of nitrogens with one attached hydrogen (secondary N) is 1. The van der Waals surface area contributed by atoms with Crippen LogP contribution in [-0.4, -0.2) is 56.2 Å². The molecule has 6 nitrogen and oxygen atoms in total. The summed E-state index contributed by atoms with van der Waals surface area (Å²) in [4.78, 5) is 26.0. The smallest absolute Gasteiger partial charge is 0.251 e. The van der Waals surface area contributed by atoms with Gasteiger partial charge in [-0.3, -0.25) is 9.59 Å². The van der Waals surface area contributed by atoms with Crippen molar-refractivity contribution in [2.24, 2.45) is 0 Å². The van der Waals surface area contributed by atoms with Crippen molar-refractivity contribution in [2.45, 2.75) is 25.5 Å². The van der Waals surface area contributed by atoms with E-state index in [9.17, 15) is 9.59 Å². The summed E-state index contributed by atoms with van der Waals surface area (Å²) in [6, 6.07) is 9.07. The molecule has 0 bridgehead atoms. The zero-order valence-electron chi connectivity index (χ0n) is 13.7. The van der Waals surface area contributed by atoms with E-state index in [0.29, 0.717) is 19.8 Å². The highest BCUT2D eigenvalue weighted by atomic mass is 16.5. The van der Waals surface area contributed by atoms with Gasteiger partial charge >= 0.3 is 0 Å². The molecular formula is C17H24N2O4. The number of amides is 2. The highest BCUT2D eigenvalue weighted by Gasteiger charge is 2.39. The second-order valence-electron chi connectivity index (χ2n) is 5.43. The third-order valence-electron chi connectivity index (χ3n) is 3.85. The molecule has 1 aromatic rings. The summed E-state index contributed by atoms with van der Waals surface area (Å²) >= 11 is 0. The van der Waals surface area contributed by atoms with Crippen molar-refractivity contribution in [3.05, 3.63) is 35.9 Å². The number of likely N-dealkylation sites (N-methyl/N-ethyl adjacent to an activating group) is 1. The van der Waals surface area contributed by atoms with E-state index in [1.165, 1.54) is 0 Å². The third-order valence-corrected chi connectivity index (χ3v) is 3.85. The minimum atomic E-state index is -0.702. The fraction of sp³-hybridized carbons (Fsp3) is 0.529. The number of hydrogen-bond acceptors (Lipinski definition) is 4. The Morgan fingerprint density at radius 2 is 2.13 bits per heavy atom. The van der Waals surface area contributed by atoms with Crippen LogP contribution in [0.3, 0.4) is 0 Å². The topological polar surface area (TPSA) is 67.9 Å². The number of benzene rings is 1. The van der Waals surface area contributed by atoms with E-state index < -0.39 is 12.1 Å². The van der Waals surface area contributed by atoms with Crippen LogP contribution in [0.5, 0.6) is 0 Å². The Morgan fingerprint density at radius 1 is 1.39 bits per heavy atom. The fourth-order valence-corrected chi connectivity index (χ4v) is 2.61. The Labute approximate surface area is 136 Å². The Hall–Kier alpha value is -1.92. The van der Waals surface area contributed by atoms with E-state index in [2.05, 4.69) is 5.32 Å². The summed E-state index contributed by atoms with van der Waals surface area (Å²) < 4.78 is 10.8. The quantitative estimate of drug-likeness (QED) is 0.765. The van der Waals surface area contributed by atoms with E-state index in [4.69, 9.17) is 9.47 Å². The van der Waals surface area contributed by atoms with Crippen LogP contribution in [0, 0.1) is 0 Å². The zero-order chi connectivity index (χ0) is 16.7. The van der Waals surface area contributed by atoms with Gasteiger partial charge in [0.1, 0.15) is 6.61 Å². The fourth-order valence-electron chi connectivity index (χ4n) is 2.61. The lowest BCUT2D eigenvalue weighted by molar-refractivity contribution is -0.162. The van der Waals surface area contributed by atoms with Gasteiger partial charge in [-0.15, -0.1) is 0 Å². The van der Waals surface area contributed by atoms with Crippen molar-refractivity contribution in [1.29, 1.82) is 0 Å². The van der Waals surface area contributed by atoms with Gasteiger partial charge in [-0.1, -0.05) is 30.3 Å². The average Bonchev–Trinajstić information content (AvgIpc) is 2.57. The monoisotopic (exact) mass is 320 g/mol. The number of nitrogens with zero attached hydrogens (tertiary/aromatic N) is 1. The molecule has 0 radical (unpaired) electrons. The molecule has 23 heavy (non-hydrogen) atoms. The van der Waals surface area contributed by atoms with Gasteiger partial charge < -0.3 is 19.7 Å². The average molecular weight is 320 g/mol. The van der Waals surface area contributed by atoms with Crippen LogP contribution in [0.15, 0.2) is 30.3 Å². The van der Waals surface area contributed by atoms with Crippen molar-refractivity contribution < 1.29 is 19.1 Å². The largest absolute Gasteiger partial charge is 0.382 e. The molecule has 0 aliphatic carbocycles. The Kier molecular flexibility index (Phi) is 6.55. The van der Waals surface area contributed by atoms with E-state index in [-0.39, 0.29) is 18.4 Å². The number of carbonyl (C=O) groups excluding carboxylic acids is 2. The first kappa shape index (κ1) is 17.4. The molecule has 2 amide bonds. The van der Waals surface area contributed by atoms with E-state index in [0.717, 1.165) is 12.0 Å². The molecule has 126 valence electrons. The van der Waals surface area contributed by atoms with E-state index in [1.54, 1.807) is 11.9 Å². The molecular weight excluding hydrogens is 296 g/mol.